The maximum Gasteiger partial charge on any atom is 0.275 e. The van der Waals surface area contributed by atoms with Gasteiger partial charge in [-0.25, -0.2) is 0 Å². The average Bonchev–Trinajstić information content (AvgIpc) is 3.07. The predicted molar refractivity (Wildman–Crippen MR) is 86.7 cm³/mol. The van der Waals surface area contributed by atoms with Crippen molar-refractivity contribution in [2.24, 2.45) is 7.05 Å². The van der Waals surface area contributed by atoms with Crippen LogP contribution in [0.15, 0.2) is 12.4 Å². The fraction of sp³-hybridized carbons (Fsp3) is 0.429. The maximum atomic E-state index is 12.4. The molecule has 2 aromatic heterocycles. The summed E-state index contributed by atoms with van der Waals surface area (Å²) in [6.07, 6.45) is 3.66. The third-order valence-corrected chi connectivity index (χ3v) is 3.52. The Balaban J connectivity index is 2.25. The molecule has 0 aliphatic carbocycles. The molecule has 0 bridgehead atoms. The van der Waals surface area contributed by atoms with Crippen molar-refractivity contribution in [1.29, 1.82) is 0 Å². The van der Waals surface area contributed by atoms with Crippen molar-refractivity contribution < 1.29 is 9.59 Å². The molecule has 0 aliphatic heterocycles. The van der Waals surface area contributed by atoms with Gasteiger partial charge in [-0.05, 0) is 13.3 Å². The van der Waals surface area contributed by atoms with Crippen molar-refractivity contribution in [3.8, 4) is 0 Å². The number of hydrogen-bond donors (Lipinski definition) is 2. The highest BCUT2D eigenvalue weighted by molar-refractivity contribution is 6.34. The van der Waals surface area contributed by atoms with E-state index < -0.39 is 5.91 Å². The first kappa shape index (κ1) is 17.0. The van der Waals surface area contributed by atoms with Crippen LogP contribution in [-0.2, 0) is 13.6 Å². The van der Waals surface area contributed by atoms with E-state index in [1.807, 2.05) is 13.8 Å². The van der Waals surface area contributed by atoms with Crippen LogP contribution in [0.25, 0.3) is 0 Å². The molecule has 124 valence electrons. The second-order valence-electron chi connectivity index (χ2n) is 4.90. The van der Waals surface area contributed by atoms with E-state index in [9.17, 15) is 9.59 Å². The highest BCUT2D eigenvalue weighted by Crippen LogP contribution is 2.19. The van der Waals surface area contributed by atoms with Gasteiger partial charge in [0.25, 0.3) is 11.8 Å². The summed E-state index contributed by atoms with van der Waals surface area (Å²) in [6.45, 7) is 4.87. The SMILES string of the molecule is CCCNC(=O)c1c(NC(=O)c2c(Cl)cnn2CC)cnn1C. The second kappa shape index (κ2) is 7.28. The molecule has 0 radical (unpaired) electrons. The molecule has 9 heteroatoms. The van der Waals surface area contributed by atoms with Gasteiger partial charge >= 0.3 is 0 Å². The molecule has 2 N–H and O–H groups in total. The van der Waals surface area contributed by atoms with Gasteiger partial charge in [-0.1, -0.05) is 18.5 Å². The molecule has 0 aromatic carbocycles. The van der Waals surface area contributed by atoms with Gasteiger partial charge < -0.3 is 10.6 Å². The Labute approximate surface area is 138 Å². The van der Waals surface area contributed by atoms with Crippen LogP contribution in [0.3, 0.4) is 0 Å². The number of rotatable bonds is 6. The Morgan fingerprint density at radius 2 is 1.91 bits per heavy atom. The summed E-state index contributed by atoms with van der Waals surface area (Å²) < 4.78 is 2.91. The number of carbonyl (C=O) groups is 2. The van der Waals surface area contributed by atoms with Gasteiger partial charge in [-0.2, -0.15) is 10.2 Å². The molecule has 0 saturated carbocycles. The molecule has 2 heterocycles. The zero-order valence-corrected chi connectivity index (χ0v) is 14.0. The molecule has 0 fully saturated rings. The number of nitrogens with zero attached hydrogens (tertiary/aromatic N) is 4. The van der Waals surface area contributed by atoms with E-state index in [1.165, 1.54) is 21.8 Å². The van der Waals surface area contributed by atoms with Crippen molar-refractivity contribution in [3.05, 3.63) is 28.8 Å². The lowest BCUT2D eigenvalue weighted by atomic mass is 10.3. The Hall–Kier alpha value is -2.35. The highest BCUT2D eigenvalue weighted by atomic mass is 35.5. The first-order chi connectivity index (χ1) is 11.0. The average molecular weight is 339 g/mol. The standard InChI is InChI=1S/C14H19ClN6O2/c1-4-6-16-13(22)12-10(8-17-20(12)3)19-14(23)11-9(15)7-18-21(11)5-2/h7-8H,4-6H2,1-3H3,(H,16,22)(H,19,23). The number of nitrogens with one attached hydrogen (secondary N) is 2. The van der Waals surface area contributed by atoms with E-state index in [2.05, 4.69) is 20.8 Å². The Bertz CT molecular complexity index is 721. The first-order valence-electron chi connectivity index (χ1n) is 7.32. The molecule has 0 spiro atoms. The minimum Gasteiger partial charge on any atom is -0.351 e. The van der Waals surface area contributed by atoms with E-state index in [-0.39, 0.29) is 22.3 Å². The van der Waals surface area contributed by atoms with E-state index >= 15 is 0 Å². The van der Waals surface area contributed by atoms with Crippen molar-refractivity contribution in [2.45, 2.75) is 26.8 Å². The summed E-state index contributed by atoms with van der Waals surface area (Å²) in [5, 5.41) is 13.8. The molecule has 2 rings (SSSR count). The Morgan fingerprint density at radius 3 is 2.57 bits per heavy atom. The van der Waals surface area contributed by atoms with E-state index in [4.69, 9.17) is 11.6 Å². The molecule has 0 saturated heterocycles. The largest absolute Gasteiger partial charge is 0.351 e. The summed E-state index contributed by atoms with van der Waals surface area (Å²) >= 11 is 6.02. The minimum absolute atomic E-state index is 0.248. The predicted octanol–water partition coefficient (Wildman–Crippen LogP) is 1.68. The number of aromatic nitrogens is 4. The molecule has 2 aromatic rings. The van der Waals surface area contributed by atoms with Crippen LogP contribution in [-0.4, -0.2) is 37.9 Å². The number of carbonyl (C=O) groups excluding carboxylic acids is 2. The molecule has 0 unspecified atom stereocenters. The minimum atomic E-state index is -0.438. The Morgan fingerprint density at radius 1 is 1.17 bits per heavy atom. The molecular weight excluding hydrogens is 320 g/mol. The van der Waals surface area contributed by atoms with Crippen LogP contribution in [0.2, 0.25) is 5.02 Å². The fourth-order valence-corrected chi connectivity index (χ4v) is 2.36. The maximum absolute atomic E-state index is 12.4. The molecule has 23 heavy (non-hydrogen) atoms. The number of hydrogen-bond acceptors (Lipinski definition) is 4. The van der Waals surface area contributed by atoms with Crippen LogP contribution in [0, 0.1) is 0 Å². The van der Waals surface area contributed by atoms with E-state index in [0.717, 1.165) is 6.42 Å². The smallest absolute Gasteiger partial charge is 0.275 e. The van der Waals surface area contributed by atoms with Crippen LogP contribution >= 0.6 is 11.6 Å². The summed E-state index contributed by atoms with van der Waals surface area (Å²) in [5.74, 6) is -0.732. The van der Waals surface area contributed by atoms with Gasteiger partial charge in [-0.15, -0.1) is 0 Å². The Kier molecular flexibility index (Phi) is 5.38. The van der Waals surface area contributed by atoms with Gasteiger partial charge in [0.15, 0.2) is 0 Å². The topological polar surface area (TPSA) is 93.8 Å². The lowest BCUT2D eigenvalue weighted by Gasteiger charge is -2.09. The van der Waals surface area contributed by atoms with E-state index in [0.29, 0.717) is 18.8 Å². The second-order valence-corrected chi connectivity index (χ2v) is 5.30. The lowest BCUT2D eigenvalue weighted by molar-refractivity contribution is 0.0945. The normalized spacial score (nSPS) is 10.6. The van der Waals surface area contributed by atoms with E-state index in [1.54, 1.807) is 7.05 Å². The first-order valence-corrected chi connectivity index (χ1v) is 7.70. The number of anilines is 1. The van der Waals surface area contributed by atoms with Gasteiger partial charge in [0.2, 0.25) is 0 Å². The van der Waals surface area contributed by atoms with Gasteiger partial charge in [-0.3, -0.25) is 19.0 Å². The number of halogens is 1. The lowest BCUT2D eigenvalue weighted by Crippen LogP contribution is -2.28. The van der Waals surface area contributed by atoms with Gasteiger partial charge in [0.05, 0.1) is 23.1 Å². The highest BCUT2D eigenvalue weighted by Gasteiger charge is 2.22. The van der Waals surface area contributed by atoms with Crippen molar-refractivity contribution >= 4 is 29.1 Å². The summed E-state index contributed by atoms with van der Waals surface area (Å²) in [6, 6.07) is 0. The third kappa shape index (κ3) is 3.53. The van der Waals surface area contributed by atoms with Crippen molar-refractivity contribution in [2.75, 3.05) is 11.9 Å². The van der Waals surface area contributed by atoms with Crippen molar-refractivity contribution in [3.63, 3.8) is 0 Å². The van der Waals surface area contributed by atoms with Crippen LogP contribution in [0.1, 0.15) is 41.2 Å². The van der Waals surface area contributed by atoms with Crippen molar-refractivity contribution in [1.82, 2.24) is 24.9 Å². The monoisotopic (exact) mass is 338 g/mol. The molecule has 8 nitrogen and oxygen atoms in total. The van der Waals surface area contributed by atoms with Crippen LogP contribution in [0.5, 0.6) is 0 Å². The van der Waals surface area contributed by atoms with Gasteiger partial charge in [0, 0.05) is 20.1 Å². The zero-order valence-electron chi connectivity index (χ0n) is 13.3. The molecule has 0 atom stereocenters. The quantitative estimate of drug-likeness (QED) is 0.838. The summed E-state index contributed by atoms with van der Waals surface area (Å²) in [7, 11) is 1.64. The summed E-state index contributed by atoms with van der Waals surface area (Å²) in [4.78, 5) is 24.6. The molecule has 0 aliphatic rings. The zero-order chi connectivity index (χ0) is 17.0. The summed E-state index contributed by atoms with van der Waals surface area (Å²) in [5.41, 5.74) is 0.856. The van der Waals surface area contributed by atoms with Gasteiger partial charge in [0.1, 0.15) is 11.4 Å². The number of amides is 2. The fourth-order valence-electron chi connectivity index (χ4n) is 2.13. The van der Waals surface area contributed by atoms with Crippen LogP contribution < -0.4 is 10.6 Å². The third-order valence-electron chi connectivity index (χ3n) is 3.25. The molecular formula is C14H19ClN6O2. The molecule has 2 amide bonds. The number of aryl methyl sites for hydroxylation is 2. The van der Waals surface area contributed by atoms with Crippen LogP contribution in [0.4, 0.5) is 5.69 Å².